The van der Waals surface area contributed by atoms with Gasteiger partial charge in [-0.2, -0.15) is 0 Å². The Morgan fingerprint density at radius 1 is 0.935 bits per heavy atom. The topological polar surface area (TPSA) is 43.8 Å². The van der Waals surface area contributed by atoms with Gasteiger partial charge in [-0.05, 0) is 68.5 Å². The van der Waals surface area contributed by atoms with Crippen LogP contribution in [0.5, 0.6) is 0 Å². The van der Waals surface area contributed by atoms with Gasteiger partial charge < -0.3 is 14.9 Å². The quantitative estimate of drug-likeness (QED) is 0.708. The van der Waals surface area contributed by atoms with Crippen molar-refractivity contribution in [3.05, 3.63) is 65.7 Å². The average molecular weight is 419 g/mol. The average Bonchev–Trinajstić information content (AvgIpc) is 3.21. The Morgan fingerprint density at radius 2 is 1.58 bits per heavy atom. The largest absolute Gasteiger partial charge is 0.481 e. The number of carboxylic acids is 1. The Labute approximate surface area is 185 Å². The molecule has 3 unspecified atom stereocenters. The molecule has 0 spiro atoms. The minimum atomic E-state index is -0.692. The summed E-state index contributed by atoms with van der Waals surface area (Å²) < 4.78 is 0. The lowest BCUT2D eigenvalue weighted by Crippen LogP contribution is -2.43. The maximum Gasteiger partial charge on any atom is 0.310 e. The van der Waals surface area contributed by atoms with Crippen LogP contribution in [0.3, 0.4) is 0 Å². The molecule has 5 rings (SSSR count). The van der Waals surface area contributed by atoms with Gasteiger partial charge in [-0.15, -0.1) is 0 Å². The fourth-order valence-electron chi connectivity index (χ4n) is 6.45. The first kappa shape index (κ1) is 20.6. The number of carboxylic acid groups (broad SMARTS) is 1. The maximum absolute atomic E-state index is 12.4. The standard InChI is InChI=1S/C27H34N2O2/c1-2-27(26(30)31)24(20-9-4-3-5-10-20)25(27)21-11-8-12-23(19-21)29-17-13-22(14-18-29)28-15-6-7-16-28/h3-5,8-12,19,22,24-25H,2,6-7,13-18H2,1H3,(H,30,31). The Balaban J connectivity index is 1.36. The van der Waals surface area contributed by atoms with Crippen LogP contribution in [0, 0.1) is 5.41 Å². The minimum absolute atomic E-state index is 0.0412. The van der Waals surface area contributed by atoms with Crippen LogP contribution in [0.4, 0.5) is 5.69 Å². The van der Waals surface area contributed by atoms with Crippen LogP contribution in [-0.4, -0.2) is 48.2 Å². The van der Waals surface area contributed by atoms with Crippen molar-refractivity contribution in [3.63, 3.8) is 0 Å². The highest BCUT2D eigenvalue weighted by molar-refractivity contribution is 5.84. The Bertz CT molecular complexity index is 916. The summed E-state index contributed by atoms with van der Waals surface area (Å²) in [6, 6.07) is 19.7. The second-order valence-corrected chi connectivity index (χ2v) is 9.62. The van der Waals surface area contributed by atoms with Crippen LogP contribution in [0.25, 0.3) is 0 Å². The van der Waals surface area contributed by atoms with Crippen molar-refractivity contribution in [2.45, 2.75) is 56.9 Å². The highest BCUT2D eigenvalue weighted by Crippen LogP contribution is 2.72. The van der Waals surface area contributed by atoms with Gasteiger partial charge in [-0.1, -0.05) is 49.4 Å². The Morgan fingerprint density at radius 3 is 2.23 bits per heavy atom. The van der Waals surface area contributed by atoms with Gasteiger partial charge in [0, 0.05) is 36.7 Å². The van der Waals surface area contributed by atoms with Crippen molar-refractivity contribution in [1.82, 2.24) is 4.90 Å². The van der Waals surface area contributed by atoms with Crippen molar-refractivity contribution < 1.29 is 9.90 Å². The maximum atomic E-state index is 12.4. The van der Waals surface area contributed by atoms with Crippen LogP contribution in [0.15, 0.2) is 54.6 Å². The molecule has 0 radical (unpaired) electrons. The first-order valence-corrected chi connectivity index (χ1v) is 12.0. The van der Waals surface area contributed by atoms with E-state index in [1.54, 1.807) is 0 Å². The van der Waals surface area contributed by atoms with Crippen LogP contribution in [0.1, 0.15) is 62.0 Å². The minimum Gasteiger partial charge on any atom is -0.481 e. The van der Waals surface area contributed by atoms with E-state index in [0.717, 1.165) is 24.7 Å². The molecular formula is C27H34N2O2. The predicted molar refractivity (Wildman–Crippen MR) is 125 cm³/mol. The molecule has 2 aromatic rings. The summed E-state index contributed by atoms with van der Waals surface area (Å²) >= 11 is 0. The molecule has 4 nitrogen and oxygen atoms in total. The number of benzene rings is 2. The number of hydrogen-bond donors (Lipinski definition) is 1. The van der Waals surface area contributed by atoms with Crippen molar-refractivity contribution in [2.24, 2.45) is 5.41 Å². The van der Waals surface area contributed by atoms with Crippen LogP contribution >= 0.6 is 0 Å². The molecule has 2 aromatic carbocycles. The third-order valence-corrected chi connectivity index (χ3v) is 8.19. The van der Waals surface area contributed by atoms with Gasteiger partial charge in [0.1, 0.15) is 0 Å². The molecule has 1 N–H and O–H groups in total. The lowest BCUT2D eigenvalue weighted by molar-refractivity contribution is -0.143. The second kappa shape index (κ2) is 8.31. The van der Waals surface area contributed by atoms with Gasteiger partial charge >= 0.3 is 5.97 Å². The zero-order valence-electron chi connectivity index (χ0n) is 18.5. The summed E-state index contributed by atoms with van der Waals surface area (Å²) in [4.78, 5) is 17.6. The second-order valence-electron chi connectivity index (χ2n) is 9.62. The summed E-state index contributed by atoms with van der Waals surface area (Å²) in [6.45, 7) is 6.76. The number of piperidine rings is 1. The number of nitrogens with zero attached hydrogens (tertiary/aromatic N) is 2. The number of aliphatic carboxylic acids is 1. The number of anilines is 1. The summed E-state index contributed by atoms with van der Waals surface area (Å²) in [7, 11) is 0. The molecule has 4 heteroatoms. The summed E-state index contributed by atoms with van der Waals surface area (Å²) in [5.74, 6) is -0.572. The summed E-state index contributed by atoms with van der Waals surface area (Å²) in [5.41, 5.74) is 2.89. The summed E-state index contributed by atoms with van der Waals surface area (Å²) in [6.07, 6.45) is 5.82. The first-order chi connectivity index (χ1) is 15.1. The van der Waals surface area contributed by atoms with E-state index in [1.807, 2.05) is 25.1 Å². The van der Waals surface area contributed by atoms with Gasteiger partial charge in [0.25, 0.3) is 0 Å². The van der Waals surface area contributed by atoms with E-state index in [1.165, 1.54) is 50.0 Å². The molecule has 3 fully saturated rings. The molecule has 0 bridgehead atoms. The first-order valence-electron chi connectivity index (χ1n) is 12.0. The van der Waals surface area contributed by atoms with Crippen LogP contribution in [-0.2, 0) is 4.79 Å². The van der Waals surface area contributed by atoms with E-state index in [-0.39, 0.29) is 11.8 Å². The molecule has 2 heterocycles. The molecule has 3 atom stereocenters. The zero-order valence-corrected chi connectivity index (χ0v) is 18.5. The molecule has 164 valence electrons. The number of rotatable bonds is 6. The monoisotopic (exact) mass is 418 g/mol. The van der Waals surface area contributed by atoms with Crippen molar-refractivity contribution in [1.29, 1.82) is 0 Å². The van der Waals surface area contributed by atoms with Crippen LogP contribution in [0.2, 0.25) is 0 Å². The third kappa shape index (κ3) is 3.55. The highest BCUT2D eigenvalue weighted by atomic mass is 16.4. The van der Waals surface area contributed by atoms with E-state index in [9.17, 15) is 9.90 Å². The van der Waals surface area contributed by atoms with E-state index in [4.69, 9.17) is 0 Å². The van der Waals surface area contributed by atoms with Gasteiger partial charge in [-0.25, -0.2) is 0 Å². The van der Waals surface area contributed by atoms with E-state index < -0.39 is 11.4 Å². The number of hydrogen-bond acceptors (Lipinski definition) is 3. The smallest absolute Gasteiger partial charge is 0.310 e. The van der Waals surface area contributed by atoms with E-state index in [0.29, 0.717) is 6.42 Å². The SMILES string of the molecule is CCC1(C(=O)O)C(c2ccccc2)C1c1cccc(N2CCC(N3CCCC3)CC2)c1. The lowest BCUT2D eigenvalue weighted by Gasteiger charge is -2.38. The molecule has 1 saturated carbocycles. The normalized spacial score (nSPS) is 29.3. The zero-order chi connectivity index (χ0) is 21.4. The molecule has 2 saturated heterocycles. The fraction of sp³-hybridized carbons (Fsp3) is 0.519. The molecule has 0 aromatic heterocycles. The molecular weight excluding hydrogens is 384 g/mol. The van der Waals surface area contributed by atoms with Gasteiger partial charge in [0.2, 0.25) is 0 Å². The predicted octanol–water partition coefficient (Wildman–Crippen LogP) is 5.11. The van der Waals surface area contributed by atoms with Crippen molar-refractivity contribution >= 4 is 11.7 Å². The third-order valence-electron chi connectivity index (χ3n) is 8.19. The fourth-order valence-corrected chi connectivity index (χ4v) is 6.45. The number of carbonyl (C=O) groups is 1. The lowest BCUT2D eigenvalue weighted by atomic mass is 9.94. The summed E-state index contributed by atoms with van der Waals surface area (Å²) in [5, 5.41) is 10.2. The van der Waals surface area contributed by atoms with Crippen LogP contribution < -0.4 is 4.90 Å². The molecule has 2 aliphatic heterocycles. The number of likely N-dealkylation sites (tertiary alicyclic amines) is 1. The Hall–Kier alpha value is -2.33. The molecule has 31 heavy (non-hydrogen) atoms. The molecule has 1 aliphatic carbocycles. The van der Waals surface area contributed by atoms with E-state index >= 15 is 0 Å². The van der Waals surface area contributed by atoms with Crippen molar-refractivity contribution in [3.8, 4) is 0 Å². The van der Waals surface area contributed by atoms with E-state index in [2.05, 4.69) is 46.2 Å². The highest BCUT2D eigenvalue weighted by Gasteiger charge is 2.69. The van der Waals surface area contributed by atoms with Crippen molar-refractivity contribution in [2.75, 3.05) is 31.1 Å². The Kier molecular flexibility index (Phi) is 5.51. The molecule has 3 aliphatic rings. The van der Waals surface area contributed by atoms with Gasteiger partial charge in [0.05, 0.1) is 5.41 Å². The molecule has 0 amide bonds. The van der Waals surface area contributed by atoms with Gasteiger partial charge in [0.15, 0.2) is 0 Å². The van der Waals surface area contributed by atoms with Gasteiger partial charge in [-0.3, -0.25) is 4.79 Å².